The summed E-state index contributed by atoms with van der Waals surface area (Å²) in [5, 5.41) is 23.7. The third-order valence-electron chi connectivity index (χ3n) is 4.14. The summed E-state index contributed by atoms with van der Waals surface area (Å²) in [6.07, 6.45) is 0. The summed E-state index contributed by atoms with van der Waals surface area (Å²) in [6.45, 7) is 3.99. The molecule has 138 valence electrons. The standard InChI is InChI=1S/C18H15N3O3S3/c1-9(2)16-19-20-18(27-16)21-13(10-5-3-7-25-10)12(15(23)17(21)24)14(22)11-6-4-8-26-11/h3-9,13,23H,1-2H3/t13-/m1/s1. The van der Waals surface area contributed by atoms with Crippen molar-refractivity contribution < 1.29 is 14.7 Å². The normalized spacial score (nSPS) is 17.4. The summed E-state index contributed by atoms with van der Waals surface area (Å²) >= 11 is 4.00. The molecule has 3 aromatic heterocycles. The minimum Gasteiger partial charge on any atom is -0.503 e. The lowest BCUT2D eigenvalue weighted by Crippen LogP contribution is -2.30. The van der Waals surface area contributed by atoms with Crippen LogP contribution < -0.4 is 4.90 Å². The highest BCUT2D eigenvalue weighted by molar-refractivity contribution is 7.15. The van der Waals surface area contributed by atoms with Crippen molar-refractivity contribution in [2.75, 3.05) is 4.90 Å². The Morgan fingerprint density at radius 2 is 1.93 bits per heavy atom. The molecule has 0 saturated heterocycles. The maximum absolute atomic E-state index is 13.0. The summed E-state index contributed by atoms with van der Waals surface area (Å²) in [4.78, 5) is 28.6. The predicted molar refractivity (Wildman–Crippen MR) is 107 cm³/mol. The van der Waals surface area contributed by atoms with E-state index in [1.54, 1.807) is 17.5 Å². The summed E-state index contributed by atoms with van der Waals surface area (Å²) in [6, 6.07) is 6.45. The van der Waals surface area contributed by atoms with Gasteiger partial charge >= 0.3 is 0 Å². The van der Waals surface area contributed by atoms with E-state index < -0.39 is 17.7 Å². The van der Waals surface area contributed by atoms with Gasteiger partial charge in [0.1, 0.15) is 11.0 Å². The van der Waals surface area contributed by atoms with E-state index >= 15 is 0 Å². The number of amides is 1. The number of thiophene rings is 2. The monoisotopic (exact) mass is 417 g/mol. The zero-order valence-corrected chi connectivity index (χ0v) is 16.9. The maximum Gasteiger partial charge on any atom is 0.296 e. The van der Waals surface area contributed by atoms with Crippen LogP contribution in [0.25, 0.3) is 0 Å². The Morgan fingerprint density at radius 3 is 2.52 bits per heavy atom. The molecule has 0 unspecified atom stereocenters. The molecule has 0 saturated carbocycles. The molecule has 0 spiro atoms. The van der Waals surface area contributed by atoms with Crippen molar-refractivity contribution in [3.8, 4) is 0 Å². The Morgan fingerprint density at radius 1 is 1.19 bits per heavy atom. The lowest BCUT2D eigenvalue weighted by molar-refractivity contribution is -0.117. The number of aromatic nitrogens is 2. The SMILES string of the molecule is CC(C)c1nnc(N2C(=O)C(O)=C(C(=O)c3cccs3)[C@H]2c2cccs2)s1. The number of hydrogen-bond donors (Lipinski definition) is 1. The topological polar surface area (TPSA) is 83.4 Å². The molecule has 6 nitrogen and oxygen atoms in total. The van der Waals surface area contributed by atoms with E-state index in [4.69, 9.17) is 0 Å². The highest BCUT2D eigenvalue weighted by Crippen LogP contribution is 2.44. The van der Waals surface area contributed by atoms with Crippen LogP contribution in [-0.2, 0) is 4.79 Å². The van der Waals surface area contributed by atoms with Gasteiger partial charge in [-0.05, 0) is 22.9 Å². The first-order chi connectivity index (χ1) is 13.0. The van der Waals surface area contributed by atoms with Crippen molar-refractivity contribution in [1.29, 1.82) is 0 Å². The van der Waals surface area contributed by atoms with Crippen molar-refractivity contribution in [2.45, 2.75) is 25.8 Å². The number of anilines is 1. The summed E-state index contributed by atoms with van der Waals surface area (Å²) in [5.74, 6) is -1.32. The molecular formula is C18H15N3O3S3. The average molecular weight is 418 g/mol. The fourth-order valence-corrected chi connectivity index (χ4v) is 5.22. The molecule has 0 aromatic carbocycles. The number of aliphatic hydroxyl groups is 1. The first-order valence-electron chi connectivity index (χ1n) is 8.20. The van der Waals surface area contributed by atoms with E-state index in [0.29, 0.717) is 10.0 Å². The van der Waals surface area contributed by atoms with E-state index in [0.717, 1.165) is 9.88 Å². The lowest BCUT2D eigenvalue weighted by Gasteiger charge is -2.22. The van der Waals surface area contributed by atoms with Crippen molar-refractivity contribution in [3.63, 3.8) is 0 Å². The summed E-state index contributed by atoms with van der Waals surface area (Å²) in [7, 11) is 0. The molecule has 1 N–H and O–H groups in total. The quantitative estimate of drug-likeness (QED) is 0.615. The number of aliphatic hydroxyl groups excluding tert-OH is 1. The number of Topliss-reactive ketones (excluding diaryl/α,β-unsaturated/α-hetero) is 1. The fraction of sp³-hybridized carbons (Fsp3) is 0.222. The number of rotatable bonds is 5. The van der Waals surface area contributed by atoms with E-state index in [-0.39, 0.29) is 17.3 Å². The van der Waals surface area contributed by atoms with Crippen molar-refractivity contribution in [2.24, 2.45) is 0 Å². The van der Waals surface area contributed by atoms with E-state index in [1.807, 2.05) is 31.4 Å². The Kier molecular flexibility index (Phi) is 4.67. The van der Waals surface area contributed by atoms with Gasteiger partial charge in [-0.15, -0.1) is 32.9 Å². The van der Waals surface area contributed by atoms with E-state index in [1.165, 1.54) is 38.9 Å². The number of carbonyl (C=O) groups excluding carboxylic acids is 2. The summed E-state index contributed by atoms with van der Waals surface area (Å²) in [5.41, 5.74) is 0.0891. The van der Waals surface area contributed by atoms with Gasteiger partial charge in [0.2, 0.25) is 10.9 Å². The van der Waals surface area contributed by atoms with Crippen LogP contribution in [0.5, 0.6) is 0 Å². The predicted octanol–water partition coefficient (Wildman–Crippen LogP) is 4.57. The van der Waals surface area contributed by atoms with Gasteiger partial charge in [-0.2, -0.15) is 0 Å². The maximum atomic E-state index is 13.0. The molecule has 9 heteroatoms. The molecule has 4 heterocycles. The van der Waals surface area contributed by atoms with Crippen LogP contribution in [-0.4, -0.2) is 27.0 Å². The molecule has 0 aliphatic carbocycles. The Hall–Kier alpha value is -2.36. The van der Waals surface area contributed by atoms with Gasteiger partial charge in [0.25, 0.3) is 5.91 Å². The molecule has 0 radical (unpaired) electrons. The van der Waals surface area contributed by atoms with Crippen LogP contribution >= 0.6 is 34.0 Å². The first-order valence-corrected chi connectivity index (χ1v) is 10.8. The highest BCUT2D eigenvalue weighted by atomic mass is 32.1. The average Bonchev–Trinajstić information content (AvgIpc) is 3.43. The minimum atomic E-state index is -0.708. The summed E-state index contributed by atoms with van der Waals surface area (Å²) < 4.78 is 0. The highest BCUT2D eigenvalue weighted by Gasteiger charge is 2.46. The van der Waals surface area contributed by atoms with Crippen LogP contribution in [0.4, 0.5) is 5.13 Å². The van der Waals surface area contributed by atoms with Crippen LogP contribution in [0.1, 0.15) is 45.4 Å². The molecule has 0 fully saturated rings. The first kappa shape index (κ1) is 18.0. The Bertz CT molecular complexity index is 1020. The van der Waals surface area contributed by atoms with Gasteiger partial charge < -0.3 is 5.11 Å². The lowest BCUT2D eigenvalue weighted by atomic mass is 10.0. The van der Waals surface area contributed by atoms with Gasteiger partial charge in [-0.3, -0.25) is 14.5 Å². The number of hydrogen-bond acceptors (Lipinski definition) is 8. The second-order valence-electron chi connectivity index (χ2n) is 6.24. The van der Waals surface area contributed by atoms with Gasteiger partial charge in [-0.1, -0.05) is 37.3 Å². The molecule has 3 aromatic rings. The van der Waals surface area contributed by atoms with Crippen molar-refractivity contribution in [3.05, 3.63) is 61.1 Å². The molecule has 0 bridgehead atoms. The largest absolute Gasteiger partial charge is 0.503 e. The molecule has 27 heavy (non-hydrogen) atoms. The number of nitrogens with zero attached hydrogens (tertiary/aromatic N) is 3. The Labute approximate surface area is 167 Å². The van der Waals surface area contributed by atoms with E-state index in [9.17, 15) is 14.7 Å². The molecule has 1 amide bonds. The van der Waals surface area contributed by atoms with Crippen LogP contribution in [0.15, 0.2) is 46.4 Å². The molecule has 4 rings (SSSR count). The molecular weight excluding hydrogens is 402 g/mol. The van der Waals surface area contributed by atoms with Gasteiger partial charge in [0.05, 0.1) is 10.5 Å². The molecule has 1 aliphatic rings. The van der Waals surface area contributed by atoms with Gasteiger partial charge in [-0.25, -0.2) is 0 Å². The zero-order valence-electron chi connectivity index (χ0n) is 14.4. The third kappa shape index (κ3) is 3.01. The number of carbonyl (C=O) groups is 2. The van der Waals surface area contributed by atoms with Gasteiger partial charge in [0.15, 0.2) is 5.76 Å². The third-order valence-corrected chi connectivity index (χ3v) is 7.16. The number of ketones is 1. The second-order valence-corrected chi connectivity index (χ2v) is 9.15. The molecule has 1 atom stereocenters. The molecule has 1 aliphatic heterocycles. The van der Waals surface area contributed by atoms with Crippen LogP contribution in [0, 0.1) is 0 Å². The zero-order chi connectivity index (χ0) is 19.1. The van der Waals surface area contributed by atoms with Crippen LogP contribution in [0.2, 0.25) is 0 Å². The second kappa shape index (κ2) is 6.99. The minimum absolute atomic E-state index is 0.0891. The van der Waals surface area contributed by atoms with E-state index in [2.05, 4.69) is 10.2 Å². The van der Waals surface area contributed by atoms with Gasteiger partial charge in [0, 0.05) is 10.8 Å². The van der Waals surface area contributed by atoms with Crippen molar-refractivity contribution in [1.82, 2.24) is 10.2 Å². The Balaban J connectivity index is 1.83. The fourth-order valence-electron chi connectivity index (χ4n) is 2.85. The van der Waals surface area contributed by atoms with Crippen LogP contribution in [0.3, 0.4) is 0 Å². The smallest absolute Gasteiger partial charge is 0.296 e. The van der Waals surface area contributed by atoms with Crippen molar-refractivity contribution >= 4 is 50.8 Å².